The molecule has 29 heavy (non-hydrogen) atoms. The molecule has 8 heteroatoms. The number of hydrogen-bond acceptors (Lipinski definition) is 6. The summed E-state index contributed by atoms with van der Waals surface area (Å²) in [5.41, 5.74) is 1.80. The topological polar surface area (TPSA) is 80.1 Å². The number of hydrogen-bond donors (Lipinski definition) is 1. The standard InChI is InChI=1S/C15H22N2O2.C6H3ClN2.ClH/c1-2-14(12-5-10-18-11-6-12)15(17-7-1)19-13-3-8-16-9-4-13;7-6-2-1-5(3-8)4-9-6;/h1-2,7,12-13,16H,3-6,8-11H2;1-2,4H;1H. The minimum Gasteiger partial charge on any atom is -0.474 e. The van der Waals surface area contributed by atoms with Crippen molar-refractivity contribution in [2.45, 2.75) is 37.7 Å². The van der Waals surface area contributed by atoms with Gasteiger partial charge in [0.15, 0.2) is 0 Å². The summed E-state index contributed by atoms with van der Waals surface area (Å²) in [6.45, 7) is 3.80. The summed E-state index contributed by atoms with van der Waals surface area (Å²) in [5.74, 6) is 1.39. The van der Waals surface area contributed by atoms with Crippen molar-refractivity contribution in [3.63, 3.8) is 0 Å². The predicted molar refractivity (Wildman–Crippen MR) is 115 cm³/mol. The van der Waals surface area contributed by atoms with Crippen LogP contribution in [0.2, 0.25) is 5.15 Å². The average Bonchev–Trinajstić information content (AvgIpc) is 2.77. The fraction of sp³-hybridized carbons (Fsp3) is 0.476. The van der Waals surface area contributed by atoms with Crippen molar-refractivity contribution in [3.05, 3.63) is 52.9 Å². The Bertz CT molecular complexity index is 771. The van der Waals surface area contributed by atoms with Crippen LogP contribution in [0.1, 0.15) is 42.7 Å². The highest BCUT2D eigenvalue weighted by Gasteiger charge is 2.22. The molecule has 0 saturated carbocycles. The molecule has 0 aliphatic carbocycles. The van der Waals surface area contributed by atoms with Crippen molar-refractivity contribution < 1.29 is 9.47 Å². The van der Waals surface area contributed by atoms with Gasteiger partial charge in [-0.3, -0.25) is 0 Å². The van der Waals surface area contributed by atoms with Crippen LogP contribution in [0, 0.1) is 11.3 Å². The van der Waals surface area contributed by atoms with Crippen LogP contribution in [0.15, 0.2) is 36.7 Å². The van der Waals surface area contributed by atoms with Crippen LogP contribution in [0.5, 0.6) is 5.88 Å². The summed E-state index contributed by atoms with van der Waals surface area (Å²) < 4.78 is 11.6. The normalized spacial score (nSPS) is 17.2. The molecule has 2 aromatic rings. The fourth-order valence-corrected chi connectivity index (χ4v) is 3.45. The number of ether oxygens (including phenoxy) is 2. The number of halogens is 2. The molecule has 0 unspecified atom stereocenters. The molecule has 2 fully saturated rings. The molecule has 6 nitrogen and oxygen atoms in total. The molecule has 2 saturated heterocycles. The Labute approximate surface area is 183 Å². The molecule has 2 aromatic heterocycles. The first-order valence-electron chi connectivity index (χ1n) is 9.68. The Balaban J connectivity index is 0.000000255. The zero-order valence-electron chi connectivity index (χ0n) is 16.2. The second kappa shape index (κ2) is 12.6. The number of nitrogens with one attached hydrogen (secondary N) is 1. The molecule has 156 valence electrons. The number of aromatic nitrogens is 2. The zero-order chi connectivity index (χ0) is 19.6. The summed E-state index contributed by atoms with van der Waals surface area (Å²) in [7, 11) is 0. The highest BCUT2D eigenvalue weighted by molar-refractivity contribution is 6.29. The van der Waals surface area contributed by atoms with Crippen molar-refractivity contribution in [2.24, 2.45) is 0 Å². The Hall–Kier alpha value is -1.91. The van der Waals surface area contributed by atoms with E-state index in [0.717, 1.165) is 57.9 Å². The summed E-state index contributed by atoms with van der Waals surface area (Å²) >= 11 is 5.45. The number of piperidine rings is 1. The highest BCUT2D eigenvalue weighted by atomic mass is 35.5. The van der Waals surface area contributed by atoms with Gasteiger partial charge in [0.1, 0.15) is 17.3 Å². The van der Waals surface area contributed by atoms with Gasteiger partial charge < -0.3 is 14.8 Å². The van der Waals surface area contributed by atoms with E-state index < -0.39 is 0 Å². The monoisotopic (exact) mass is 436 g/mol. The van der Waals surface area contributed by atoms with Gasteiger partial charge in [-0.05, 0) is 62.9 Å². The smallest absolute Gasteiger partial charge is 0.217 e. The molecule has 1 N–H and O–H groups in total. The maximum atomic E-state index is 8.30. The first kappa shape index (κ1) is 23.4. The molecule has 0 aromatic carbocycles. The quantitative estimate of drug-likeness (QED) is 0.728. The van der Waals surface area contributed by atoms with E-state index in [0.29, 0.717) is 22.7 Å². The van der Waals surface area contributed by atoms with Gasteiger partial charge in [-0.2, -0.15) is 5.26 Å². The molecule has 4 heterocycles. The lowest BCUT2D eigenvalue weighted by atomic mass is 9.92. The number of nitriles is 1. The van der Waals surface area contributed by atoms with E-state index in [2.05, 4.69) is 21.4 Å². The molecular formula is C21H26Cl2N4O2. The third-order valence-electron chi connectivity index (χ3n) is 4.88. The molecule has 0 amide bonds. The van der Waals surface area contributed by atoms with E-state index in [1.807, 2.05) is 18.3 Å². The Morgan fingerprint density at radius 1 is 1.10 bits per heavy atom. The molecule has 2 aliphatic rings. The minimum atomic E-state index is 0. The van der Waals surface area contributed by atoms with Gasteiger partial charge in [0.05, 0.1) is 5.56 Å². The zero-order valence-corrected chi connectivity index (χ0v) is 17.8. The van der Waals surface area contributed by atoms with Crippen molar-refractivity contribution in [1.29, 1.82) is 5.26 Å². The summed E-state index contributed by atoms with van der Waals surface area (Å²) in [4.78, 5) is 8.16. The van der Waals surface area contributed by atoms with Gasteiger partial charge in [-0.25, -0.2) is 9.97 Å². The van der Waals surface area contributed by atoms with Gasteiger partial charge >= 0.3 is 0 Å². The van der Waals surface area contributed by atoms with Gasteiger partial charge in [0, 0.05) is 31.2 Å². The summed E-state index contributed by atoms with van der Waals surface area (Å²) in [6, 6.07) is 9.32. The van der Waals surface area contributed by atoms with Crippen LogP contribution < -0.4 is 10.1 Å². The number of rotatable bonds is 3. The Morgan fingerprint density at radius 3 is 2.52 bits per heavy atom. The van der Waals surface area contributed by atoms with Crippen molar-refractivity contribution >= 4 is 24.0 Å². The minimum absolute atomic E-state index is 0. The van der Waals surface area contributed by atoms with Gasteiger partial charge in [-0.15, -0.1) is 12.4 Å². The van der Waals surface area contributed by atoms with Crippen molar-refractivity contribution in [1.82, 2.24) is 15.3 Å². The number of pyridine rings is 2. The SMILES string of the molecule is Cl.N#Cc1ccc(Cl)nc1.c1cnc(OC2CCNCC2)c(C2CCOCC2)c1. The molecule has 0 spiro atoms. The van der Waals surface area contributed by atoms with E-state index in [4.69, 9.17) is 26.3 Å². The fourth-order valence-electron chi connectivity index (χ4n) is 3.33. The van der Waals surface area contributed by atoms with Crippen LogP contribution in [0.4, 0.5) is 0 Å². The predicted octanol–water partition coefficient (Wildman–Crippen LogP) is 4.13. The summed E-state index contributed by atoms with van der Waals surface area (Å²) in [6.07, 6.45) is 7.88. The average molecular weight is 437 g/mol. The van der Waals surface area contributed by atoms with Crippen molar-refractivity contribution in [3.8, 4) is 11.9 Å². The third-order valence-corrected chi connectivity index (χ3v) is 5.11. The molecular weight excluding hydrogens is 411 g/mol. The van der Waals surface area contributed by atoms with Crippen LogP contribution in [-0.2, 0) is 4.74 Å². The van der Waals surface area contributed by atoms with E-state index in [-0.39, 0.29) is 12.4 Å². The Kier molecular flexibility index (Phi) is 10.2. The maximum absolute atomic E-state index is 8.30. The van der Waals surface area contributed by atoms with E-state index in [1.54, 1.807) is 12.1 Å². The first-order chi connectivity index (χ1) is 13.8. The first-order valence-corrected chi connectivity index (χ1v) is 10.1. The molecule has 0 bridgehead atoms. The van der Waals surface area contributed by atoms with Gasteiger partial charge in [0.2, 0.25) is 5.88 Å². The summed E-state index contributed by atoms with van der Waals surface area (Å²) in [5, 5.41) is 12.1. The van der Waals surface area contributed by atoms with Gasteiger partial charge in [-0.1, -0.05) is 17.7 Å². The van der Waals surface area contributed by atoms with E-state index >= 15 is 0 Å². The second-order valence-corrected chi connectivity index (χ2v) is 7.22. The highest BCUT2D eigenvalue weighted by Crippen LogP contribution is 2.33. The molecule has 0 atom stereocenters. The lowest BCUT2D eigenvalue weighted by molar-refractivity contribution is 0.0832. The maximum Gasteiger partial charge on any atom is 0.217 e. The molecule has 4 rings (SSSR count). The van der Waals surface area contributed by atoms with Crippen LogP contribution >= 0.6 is 24.0 Å². The van der Waals surface area contributed by atoms with E-state index in [1.165, 1.54) is 11.8 Å². The molecule has 0 radical (unpaired) electrons. The van der Waals surface area contributed by atoms with E-state index in [9.17, 15) is 0 Å². The van der Waals surface area contributed by atoms with Crippen molar-refractivity contribution in [2.75, 3.05) is 26.3 Å². The lowest BCUT2D eigenvalue weighted by Gasteiger charge is -2.27. The van der Waals surface area contributed by atoms with Crippen LogP contribution in [0.3, 0.4) is 0 Å². The van der Waals surface area contributed by atoms with Crippen LogP contribution in [-0.4, -0.2) is 42.4 Å². The molecule has 2 aliphatic heterocycles. The lowest BCUT2D eigenvalue weighted by Crippen LogP contribution is -2.34. The van der Waals surface area contributed by atoms with Crippen LogP contribution in [0.25, 0.3) is 0 Å². The third kappa shape index (κ3) is 7.45. The van der Waals surface area contributed by atoms with Gasteiger partial charge in [0.25, 0.3) is 0 Å². The largest absolute Gasteiger partial charge is 0.474 e. The number of nitrogens with zero attached hydrogens (tertiary/aromatic N) is 3. The Morgan fingerprint density at radius 2 is 1.86 bits per heavy atom. The second-order valence-electron chi connectivity index (χ2n) is 6.83.